The number of amides is 1. The van der Waals surface area contributed by atoms with E-state index in [4.69, 9.17) is 0 Å². The van der Waals surface area contributed by atoms with Crippen molar-refractivity contribution in [1.82, 2.24) is 5.32 Å². The van der Waals surface area contributed by atoms with Crippen LogP contribution in [-0.2, 0) is 14.9 Å². The predicted molar refractivity (Wildman–Crippen MR) is 232 cm³/mol. The minimum absolute atomic E-state index is 0.286. The highest BCUT2D eigenvalue weighted by atomic mass is 32.2. The molecule has 3 unspecified atom stereocenters. The van der Waals surface area contributed by atoms with Gasteiger partial charge < -0.3 is 15.5 Å². The molecule has 0 aliphatic rings. The normalized spacial score (nSPS) is 13.8. The minimum Gasteiger partial charge on any atom is -0.387 e. The number of aliphatic hydroxyl groups excluding tert-OH is 2. The van der Waals surface area contributed by atoms with Gasteiger partial charge in [-0.1, -0.05) is 244 Å². The number of hydrogen-bond acceptors (Lipinski definition) is 5. The average Bonchev–Trinajstić information content (AvgIpc) is 3.14. The maximum absolute atomic E-state index is 12.6. The fourth-order valence-electron chi connectivity index (χ4n) is 7.46. The smallest absolute Gasteiger partial charge is 0.267 e. The van der Waals surface area contributed by atoms with Gasteiger partial charge in [0, 0.05) is 0 Å². The van der Waals surface area contributed by atoms with E-state index in [1.807, 2.05) is 6.08 Å². The maximum Gasteiger partial charge on any atom is 0.267 e. The van der Waals surface area contributed by atoms with Crippen LogP contribution >= 0.6 is 0 Å². The second-order valence-corrected chi connectivity index (χ2v) is 18.0. The first-order valence-corrected chi connectivity index (χ1v) is 25.1. The lowest BCUT2D eigenvalue weighted by molar-refractivity contribution is -0.130. The molecule has 0 aromatic rings. The maximum atomic E-state index is 12.6. The molecule has 0 aliphatic carbocycles. The standard InChI is InChI=1S/C46H91NO6S/c1-3-5-7-9-11-13-15-17-19-21-22-23-24-25-27-29-31-33-35-37-39-41-45(49)46(50)47-43(42-54(51,52)53)44(48)40-38-36-34-32-30-28-26-20-18-16-14-12-10-8-6-4-2/h38,40,43-45,48-49H,3-37,39,41-42H2,1-2H3,(H,47,50)(H,51,52,53)/b40-38+. The number of carbonyl (C=O) groups excluding carboxylic acids is 1. The van der Waals surface area contributed by atoms with Crippen LogP contribution in [0.15, 0.2) is 12.2 Å². The third-order valence-electron chi connectivity index (χ3n) is 11.1. The molecule has 0 rings (SSSR count). The molecule has 0 aliphatic heterocycles. The summed E-state index contributed by atoms with van der Waals surface area (Å²) in [6.45, 7) is 4.53. The van der Waals surface area contributed by atoms with Crippen molar-refractivity contribution in [2.45, 2.75) is 270 Å². The molecule has 0 aromatic heterocycles. The van der Waals surface area contributed by atoms with Crippen molar-refractivity contribution < 1.29 is 28.0 Å². The van der Waals surface area contributed by atoms with E-state index in [1.165, 1.54) is 192 Å². The van der Waals surface area contributed by atoms with Gasteiger partial charge in [0.1, 0.15) is 6.10 Å². The summed E-state index contributed by atoms with van der Waals surface area (Å²) in [6, 6.07) is -1.23. The molecule has 3 atom stereocenters. The summed E-state index contributed by atoms with van der Waals surface area (Å²) >= 11 is 0. The third-order valence-corrected chi connectivity index (χ3v) is 11.9. The van der Waals surface area contributed by atoms with Crippen molar-refractivity contribution in [3.05, 3.63) is 12.2 Å². The second-order valence-electron chi connectivity index (χ2n) is 16.5. The number of allylic oxidation sites excluding steroid dienone is 1. The van der Waals surface area contributed by atoms with Crippen LogP contribution in [0.25, 0.3) is 0 Å². The van der Waals surface area contributed by atoms with Crippen molar-refractivity contribution >= 4 is 16.0 Å². The Balaban J connectivity index is 3.90. The molecule has 0 radical (unpaired) electrons. The highest BCUT2D eigenvalue weighted by Gasteiger charge is 2.27. The van der Waals surface area contributed by atoms with Crippen LogP contribution in [0.3, 0.4) is 0 Å². The van der Waals surface area contributed by atoms with Gasteiger partial charge >= 0.3 is 0 Å². The molecule has 8 heteroatoms. The fraction of sp³-hybridized carbons (Fsp3) is 0.935. The predicted octanol–water partition coefficient (Wildman–Crippen LogP) is 13.1. The van der Waals surface area contributed by atoms with Gasteiger partial charge in [-0.2, -0.15) is 8.42 Å². The molecule has 7 nitrogen and oxygen atoms in total. The van der Waals surface area contributed by atoms with Gasteiger partial charge in [0.15, 0.2) is 0 Å². The van der Waals surface area contributed by atoms with Gasteiger partial charge in [-0.25, -0.2) is 0 Å². The minimum atomic E-state index is -4.44. The SMILES string of the molecule is CCCCCCCCCCCCCCCC/C=C/C(O)C(CS(=O)(=O)O)NC(=O)C(O)CCCCCCCCCCCCCCCCCCCCCCC. The number of unbranched alkanes of at least 4 members (excludes halogenated alkanes) is 34. The van der Waals surface area contributed by atoms with Crippen LogP contribution in [0.4, 0.5) is 0 Å². The van der Waals surface area contributed by atoms with Crippen molar-refractivity contribution in [2.75, 3.05) is 5.75 Å². The Hall–Kier alpha value is -0.960. The largest absolute Gasteiger partial charge is 0.387 e. The van der Waals surface area contributed by atoms with Gasteiger partial charge in [-0.15, -0.1) is 0 Å². The number of carbonyl (C=O) groups is 1. The molecule has 4 N–H and O–H groups in total. The monoisotopic (exact) mass is 786 g/mol. The van der Waals surface area contributed by atoms with Gasteiger partial charge in [0.05, 0.1) is 17.9 Å². The quantitative estimate of drug-likeness (QED) is 0.0277. The van der Waals surface area contributed by atoms with Crippen molar-refractivity contribution in [2.24, 2.45) is 0 Å². The molecule has 0 saturated heterocycles. The fourth-order valence-corrected chi connectivity index (χ4v) is 8.19. The summed E-state index contributed by atoms with van der Waals surface area (Å²) in [5.41, 5.74) is 0. The topological polar surface area (TPSA) is 124 Å². The Morgan fingerprint density at radius 2 is 0.796 bits per heavy atom. The van der Waals surface area contributed by atoms with E-state index in [2.05, 4.69) is 19.2 Å². The number of rotatable bonds is 43. The summed E-state index contributed by atoms with van der Waals surface area (Å²) in [5, 5.41) is 23.5. The van der Waals surface area contributed by atoms with E-state index in [1.54, 1.807) is 0 Å². The lowest BCUT2D eigenvalue weighted by Gasteiger charge is -2.22. The average molecular weight is 786 g/mol. The Kier molecular flexibility index (Phi) is 39.5. The lowest BCUT2D eigenvalue weighted by atomic mass is 10.0. The number of nitrogens with one attached hydrogen (secondary N) is 1. The van der Waals surface area contributed by atoms with Crippen molar-refractivity contribution in [1.29, 1.82) is 0 Å². The Bertz CT molecular complexity index is 926. The first kappa shape index (κ1) is 53.0. The van der Waals surface area contributed by atoms with Crippen molar-refractivity contribution in [3.63, 3.8) is 0 Å². The molecule has 54 heavy (non-hydrogen) atoms. The number of hydrogen-bond donors (Lipinski definition) is 4. The lowest BCUT2D eigenvalue weighted by Crippen LogP contribution is -2.50. The third kappa shape index (κ3) is 39.3. The first-order valence-electron chi connectivity index (χ1n) is 23.5. The summed E-state index contributed by atoms with van der Waals surface area (Å²) in [7, 11) is -4.44. The van der Waals surface area contributed by atoms with E-state index >= 15 is 0 Å². The zero-order valence-corrected chi connectivity index (χ0v) is 36.5. The molecular formula is C46H91NO6S. The summed E-state index contributed by atoms with van der Waals surface area (Å²) < 4.78 is 32.6. The highest BCUT2D eigenvalue weighted by Crippen LogP contribution is 2.17. The molecule has 0 heterocycles. The van der Waals surface area contributed by atoms with Crippen LogP contribution in [-0.4, -0.2) is 53.1 Å². The molecular weight excluding hydrogens is 695 g/mol. The second kappa shape index (κ2) is 40.2. The Morgan fingerprint density at radius 3 is 1.11 bits per heavy atom. The van der Waals surface area contributed by atoms with E-state index in [0.717, 1.165) is 38.5 Å². The Morgan fingerprint density at radius 1 is 0.500 bits per heavy atom. The van der Waals surface area contributed by atoms with Crippen molar-refractivity contribution in [3.8, 4) is 0 Å². The molecule has 0 spiro atoms. The summed E-state index contributed by atoms with van der Waals surface area (Å²) in [5.74, 6) is -1.52. The van der Waals surface area contributed by atoms with Crippen LogP contribution in [0.5, 0.6) is 0 Å². The van der Waals surface area contributed by atoms with Crippen LogP contribution in [0, 0.1) is 0 Å². The molecule has 0 aromatic carbocycles. The summed E-state index contributed by atoms with van der Waals surface area (Å²) in [6.07, 6.45) is 47.0. The highest BCUT2D eigenvalue weighted by molar-refractivity contribution is 7.85. The molecule has 0 fully saturated rings. The zero-order valence-electron chi connectivity index (χ0n) is 35.7. The van der Waals surface area contributed by atoms with Gasteiger partial charge in [-0.3, -0.25) is 9.35 Å². The van der Waals surface area contributed by atoms with E-state index in [0.29, 0.717) is 6.42 Å². The first-order chi connectivity index (χ1) is 26.2. The van der Waals surface area contributed by atoms with E-state index in [-0.39, 0.29) is 6.42 Å². The van der Waals surface area contributed by atoms with E-state index < -0.39 is 40.0 Å². The Labute approximate surface area is 335 Å². The number of aliphatic hydroxyl groups is 2. The molecule has 322 valence electrons. The van der Waals surface area contributed by atoms with Gasteiger partial charge in [0.2, 0.25) is 5.91 Å². The van der Waals surface area contributed by atoms with Gasteiger partial charge in [-0.05, 0) is 19.3 Å². The molecule has 0 bridgehead atoms. The zero-order chi connectivity index (χ0) is 39.8. The van der Waals surface area contributed by atoms with Crippen LogP contribution < -0.4 is 5.32 Å². The van der Waals surface area contributed by atoms with Gasteiger partial charge in [0.25, 0.3) is 10.1 Å². The summed E-state index contributed by atoms with van der Waals surface area (Å²) in [4.78, 5) is 12.6. The van der Waals surface area contributed by atoms with E-state index in [9.17, 15) is 28.0 Å². The van der Waals surface area contributed by atoms with Crippen LogP contribution in [0.1, 0.15) is 251 Å². The molecule has 0 saturated carbocycles. The van der Waals surface area contributed by atoms with Crippen LogP contribution in [0.2, 0.25) is 0 Å². The molecule has 1 amide bonds.